The molecule has 4 nitrogen and oxygen atoms in total. The van der Waals surface area contributed by atoms with Gasteiger partial charge in [-0.2, -0.15) is 0 Å². The first-order chi connectivity index (χ1) is 9.04. The van der Waals surface area contributed by atoms with Crippen molar-refractivity contribution >= 4 is 23.3 Å². The van der Waals surface area contributed by atoms with Crippen molar-refractivity contribution in [2.75, 3.05) is 5.73 Å². The van der Waals surface area contributed by atoms with Gasteiger partial charge in [0.25, 0.3) is 5.91 Å². The van der Waals surface area contributed by atoms with Crippen LogP contribution in [-0.4, -0.2) is 16.9 Å². The number of rotatable bonds is 7. The predicted octanol–water partition coefficient (Wildman–Crippen LogP) is 3.41. The molecule has 1 heterocycles. The molecule has 1 amide bonds. The number of hydrogen-bond acceptors (Lipinski definition) is 3. The van der Waals surface area contributed by atoms with Crippen LogP contribution in [0.3, 0.4) is 0 Å². The lowest BCUT2D eigenvalue weighted by Crippen LogP contribution is -2.33. The van der Waals surface area contributed by atoms with E-state index in [1.165, 1.54) is 19.3 Å². The normalized spacial score (nSPS) is 12.2. The molecule has 1 rings (SSSR count). The lowest BCUT2D eigenvalue weighted by Gasteiger charge is -2.14. The quantitative estimate of drug-likeness (QED) is 0.754. The van der Waals surface area contributed by atoms with E-state index in [1.807, 2.05) is 6.92 Å². The number of aromatic nitrogens is 1. The second-order valence-corrected chi connectivity index (χ2v) is 5.20. The van der Waals surface area contributed by atoms with E-state index < -0.39 is 0 Å². The summed E-state index contributed by atoms with van der Waals surface area (Å²) in [5, 5.41) is 3.22. The van der Waals surface area contributed by atoms with Crippen LogP contribution in [0.15, 0.2) is 12.1 Å². The van der Waals surface area contributed by atoms with E-state index in [0.717, 1.165) is 12.8 Å². The van der Waals surface area contributed by atoms with Gasteiger partial charge >= 0.3 is 0 Å². The number of unbranched alkanes of at least 4 members (excludes halogenated alkanes) is 3. The Hall–Kier alpha value is -1.29. The maximum absolute atomic E-state index is 12.0. The van der Waals surface area contributed by atoms with Gasteiger partial charge in [-0.15, -0.1) is 0 Å². The lowest BCUT2D eigenvalue weighted by atomic mass is 10.1. The van der Waals surface area contributed by atoms with Crippen molar-refractivity contribution in [1.29, 1.82) is 0 Å². The second kappa shape index (κ2) is 8.00. The van der Waals surface area contributed by atoms with Gasteiger partial charge < -0.3 is 11.1 Å². The van der Waals surface area contributed by atoms with E-state index in [0.29, 0.717) is 10.8 Å². The number of carbonyl (C=O) groups excluding carboxylic acids is 1. The SMILES string of the molecule is CCCCCCC(C)NC(=O)c1nc(N)ccc1Cl. The molecule has 1 atom stereocenters. The summed E-state index contributed by atoms with van der Waals surface area (Å²) in [6, 6.07) is 3.28. The number of anilines is 1. The fraction of sp³-hybridized carbons (Fsp3) is 0.571. The molecule has 0 fully saturated rings. The number of nitrogens with two attached hydrogens (primary N) is 1. The Balaban J connectivity index is 2.47. The predicted molar refractivity (Wildman–Crippen MR) is 79.3 cm³/mol. The molecule has 1 unspecified atom stereocenters. The molecule has 5 heteroatoms. The molecule has 106 valence electrons. The van der Waals surface area contributed by atoms with Crippen LogP contribution in [-0.2, 0) is 0 Å². The van der Waals surface area contributed by atoms with Crippen LogP contribution in [0.2, 0.25) is 5.02 Å². The lowest BCUT2D eigenvalue weighted by molar-refractivity contribution is 0.0933. The zero-order valence-electron chi connectivity index (χ0n) is 11.6. The zero-order valence-corrected chi connectivity index (χ0v) is 12.3. The molecular formula is C14H22ClN3O. The van der Waals surface area contributed by atoms with Gasteiger partial charge in [-0.05, 0) is 25.5 Å². The largest absolute Gasteiger partial charge is 0.384 e. The first-order valence-corrected chi connectivity index (χ1v) is 7.15. The fourth-order valence-electron chi connectivity index (χ4n) is 1.86. The molecule has 0 aliphatic heterocycles. The number of halogens is 1. The molecule has 0 saturated carbocycles. The van der Waals surface area contributed by atoms with Crippen molar-refractivity contribution in [2.45, 2.75) is 52.0 Å². The maximum atomic E-state index is 12.0. The Morgan fingerprint density at radius 1 is 1.42 bits per heavy atom. The Bertz CT molecular complexity index is 423. The fourth-order valence-corrected chi connectivity index (χ4v) is 2.05. The average molecular weight is 284 g/mol. The molecule has 0 bridgehead atoms. The van der Waals surface area contributed by atoms with E-state index in [4.69, 9.17) is 17.3 Å². The van der Waals surface area contributed by atoms with E-state index in [-0.39, 0.29) is 17.6 Å². The maximum Gasteiger partial charge on any atom is 0.271 e. The number of amides is 1. The van der Waals surface area contributed by atoms with Gasteiger partial charge in [0.15, 0.2) is 0 Å². The summed E-state index contributed by atoms with van der Waals surface area (Å²) in [7, 11) is 0. The summed E-state index contributed by atoms with van der Waals surface area (Å²) < 4.78 is 0. The van der Waals surface area contributed by atoms with Crippen molar-refractivity contribution in [3.63, 3.8) is 0 Å². The molecule has 0 aromatic carbocycles. The number of carbonyl (C=O) groups is 1. The Labute approximate surface area is 119 Å². The summed E-state index contributed by atoms with van der Waals surface area (Å²) in [5.74, 6) is 0.0328. The first kappa shape index (κ1) is 15.8. The number of nitrogens with zero attached hydrogens (tertiary/aromatic N) is 1. The molecule has 19 heavy (non-hydrogen) atoms. The summed E-state index contributed by atoms with van der Waals surface area (Å²) in [4.78, 5) is 16.0. The van der Waals surface area contributed by atoms with Gasteiger partial charge in [0.1, 0.15) is 11.5 Å². The third-order valence-corrected chi connectivity index (χ3v) is 3.26. The number of hydrogen-bond donors (Lipinski definition) is 2. The molecule has 3 N–H and O–H groups in total. The van der Waals surface area contributed by atoms with Gasteiger partial charge in [0.05, 0.1) is 5.02 Å². The molecule has 0 spiro atoms. The highest BCUT2D eigenvalue weighted by atomic mass is 35.5. The molecule has 0 aliphatic carbocycles. The summed E-state index contributed by atoms with van der Waals surface area (Å²) >= 11 is 5.94. The molecule has 0 saturated heterocycles. The van der Waals surface area contributed by atoms with Crippen LogP contribution in [0.4, 0.5) is 5.82 Å². The number of pyridine rings is 1. The van der Waals surface area contributed by atoms with Crippen LogP contribution in [0.5, 0.6) is 0 Å². The number of nitrogens with one attached hydrogen (secondary N) is 1. The van der Waals surface area contributed by atoms with E-state index in [9.17, 15) is 4.79 Å². The van der Waals surface area contributed by atoms with Crippen molar-refractivity contribution in [3.8, 4) is 0 Å². The van der Waals surface area contributed by atoms with Crippen molar-refractivity contribution in [1.82, 2.24) is 10.3 Å². The average Bonchev–Trinajstić information content (AvgIpc) is 2.37. The monoisotopic (exact) mass is 283 g/mol. The molecule has 1 aromatic rings. The second-order valence-electron chi connectivity index (χ2n) is 4.79. The minimum absolute atomic E-state index is 0.114. The Kier molecular flexibility index (Phi) is 6.64. The Morgan fingerprint density at radius 2 is 2.16 bits per heavy atom. The van der Waals surface area contributed by atoms with Gasteiger partial charge in [0, 0.05) is 6.04 Å². The standard InChI is InChI=1S/C14H22ClN3O/c1-3-4-5-6-7-10(2)17-14(19)13-11(15)8-9-12(16)18-13/h8-10H,3-7H2,1-2H3,(H2,16,18)(H,17,19). The smallest absolute Gasteiger partial charge is 0.271 e. The summed E-state index contributed by atoms with van der Waals surface area (Å²) in [6.45, 7) is 4.17. The van der Waals surface area contributed by atoms with Crippen LogP contribution in [0, 0.1) is 0 Å². The molecule has 1 aromatic heterocycles. The van der Waals surface area contributed by atoms with Gasteiger partial charge in [0.2, 0.25) is 0 Å². The summed E-state index contributed by atoms with van der Waals surface area (Å²) in [5.41, 5.74) is 5.76. The third kappa shape index (κ3) is 5.47. The number of nitrogen functional groups attached to an aromatic ring is 1. The van der Waals surface area contributed by atoms with Crippen molar-refractivity contribution < 1.29 is 4.79 Å². The van der Waals surface area contributed by atoms with E-state index in [2.05, 4.69) is 17.2 Å². The van der Waals surface area contributed by atoms with Crippen molar-refractivity contribution in [3.05, 3.63) is 22.8 Å². The minimum atomic E-state index is -0.264. The van der Waals surface area contributed by atoms with E-state index in [1.54, 1.807) is 12.1 Å². The first-order valence-electron chi connectivity index (χ1n) is 6.77. The molecule has 0 radical (unpaired) electrons. The van der Waals surface area contributed by atoms with Crippen LogP contribution in [0.25, 0.3) is 0 Å². The highest BCUT2D eigenvalue weighted by Gasteiger charge is 2.14. The molecular weight excluding hydrogens is 262 g/mol. The Morgan fingerprint density at radius 3 is 2.84 bits per heavy atom. The van der Waals surface area contributed by atoms with Crippen molar-refractivity contribution in [2.24, 2.45) is 0 Å². The van der Waals surface area contributed by atoms with Crippen LogP contribution < -0.4 is 11.1 Å². The third-order valence-electron chi connectivity index (χ3n) is 2.95. The van der Waals surface area contributed by atoms with Crippen LogP contribution in [0.1, 0.15) is 56.4 Å². The molecule has 0 aliphatic rings. The van der Waals surface area contributed by atoms with Gasteiger partial charge in [-0.25, -0.2) is 4.98 Å². The zero-order chi connectivity index (χ0) is 14.3. The van der Waals surface area contributed by atoms with E-state index >= 15 is 0 Å². The highest BCUT2D eigenvalue weighted by molar-refractivity contribution is 6.33. The summed E-state index contributed by atoms with van der Waals surface area (Å²) in [6.07, 6.45) is 5.74. The topological polar surface area (TPSA) is 68.0 Å². The van der Waals surface area contributed by atoms with Gasteiger partial charge in [-0.1, -0.05) is 44.2 Å². The van der Waals surface area contributed by atoms with Gasteiger partial charge in [-0.3, -0.25) is 4.79 Å². The highest BCUT2D eigenvalue weighted by Crippen LogP contribution is 2.15. The minimum Gasteiger partial charge on any atom is -0.384 e. The van der Waals surface area contributed by atoms with Crippen LogP contribution >= 0.6 is 11.6 Å².